The van der Waals surface area contributed by atoms with Crippen molar-refractivity contribution in [3.8, 4) is 0 Å². The molecular weight excluding hydrogens is 349 g/mol. The van der Waals surface area contributed by atoms with Crippen LogP contribution in [0.2, 0.25) is 0 Å². The molecule has 2 aromatic carbocycles. The number of nitrogens with zero attached hydrogens (tertiary/aromatic N) is 1. The van der Waals surface area contributed by atoms with Crippen molar-refractivity contribution in [3.05, 3.63) is 66.0 Å². The minimum atomic E-state index is -0.598. The van der Waals surface area contributed by atoms with Gasteiger partial charge in [0.05, 0.1) is 6.54 Å². The molecule has 1 atom stereocenters. The van der Waals surface area contributed by atoms with E-state index in [0.717, 1.165) is 6.42 Å². The molecule has 0 aromatic heterocycles. The number of carbonyl (C=O) groups is 3. The zero-order valence-corrected chi connectivity index (χ0v) is 14.7. The lowest BCUT2D eigenvalue weighted by Crippen LogP contribution is -2.47. The topological polar surface area (TPSA) is 78.5 Å². The van der Waals surface area contributed by atoms with Crippen molar-refractivity contribution in [3.63, 3.8) is 0 Å². The van der Waals surface area contributed by atoms with E-state index in [1.807, 2.05) is 6.07 Å². The first kappa shape index (κ1) is 18.6. The average molecular weight is 369 g/mol. The van der Waals surface area contributed by atoms with Gasteiger partial charge in [-0.3, -0.25) is 14.4 Å². The van der Waals surface area contributed by atoms with Gasteiger partial charge in [-0.15, -0.1) is 0 Å². The molecule has 1 fully saturated rings. The normalized spacial score (nSPS) is 16.0. The molecule has 0 radical (unpaired) electrons. The highest BCUT2D eigenvalue weighted by Crippen LogP contribution is 2.20. The molecule has 3 rings (SSSR count). The number of hydrogen-bond donors (Lipinski definition) is 2. The van der Waals surface area contributed by atoms with Gasteiger partial charge in [-0.25, -0.2) is 4.39 Å². The number of likely N-dealkylation sites (tertiary alicyclic amines) is 1. The Balaban J connectivity index is 1.55. The monoisotopic (exact) mass is 369 g/mol. The molecule has 3 amide bonds. The van der Waals surface area contributed by atoms with Gasteiger partial charge in [-0.05, 0) is 43.2 Å². The molecule has 0 spiro atoms. The highest BCUT2D eigenvalue weighted by atomic mass is 19.1. The first-order valence-corrected chi connectivity index (χ1v) is 8.74. The highest BCUT2D eigenvalue weighted by Gasteiger charge is 2.34. The third-order valence-corrected chi connectivity index (χ3v) is 4.37. The molecule has 0 saturated carbocycles. The van der Waals surface area contributed by atoms with Crippen LogP contribution >= 0.6 is 0 Å². The summed E-state index contributed by atoms with van der Waals surface area (Å²) in [6, 6.07) is 13.7. The molecule has 1 aliphatic rings. The summed E-state index contributed by atoms with van der Waals surface area (Å²) in [5, 5.41) is 5.07. The lowest BCUT2D eigenvalue weighted by atomic mass is 10.1. The number of anilines is 1. The van der Waals surface area contributed by atoms with Crippen LogP contribution in [-0.4, -0.2) is 41.8 Å². The van der Waals surface area contributed by atoms with Gasteiger partial charge >= 0.3 is 0 Å². The van der Waals surface area contributed by atoms with Crippen LogP contribution in [0.5, 0.6) is 0 Å². The maximum Gasteiger partial charge on any atom is 0.254 e. The second-order valence-corrected chi connectivity index (χ2v) is 6.30. The summed E-state index contributed by atoms with van der Waals surface area (Å²) >= 11 is 0. The Labute approximate surface area is 156 Å². The standard InChI is InChI=1S/C20H20FN3O3/c21-15-8-4-9-16(12-15)23-18(25)13-22-19(26)17-10-5-11-24(17)20(27)14-6-2-1-3-7-14/h1-4,6-9,12,17H,5,10-11,13H2,(H,22,26)(H,23,25). The third-order valence-electron chi connectivity index (χ3n) is 4.37. The third kappa shape index (κ3) is 4.69. The first-order chi connectivity index (χ1) is 13.0. The molecule has 7 heteroatoms. The Morgan fingerprint density at radius 2 is 1.85 bits per heavy atom. The maximum absolute atomic E-state index is 13.1. The number of nitrogens with one attached hydrogen (secondary N) is 2. The Kier molecular flexibility index (Phi) is 5.80. The Morgan fingerprint density at radius 1 is 1.07 bits per heavy atom. The Hall–Kier alpha value is -3.22. The quantitative estimate of drug-likeness (QED) is 0.848. The number of halogens is 1. The van der Waals surface area contributed by atoms with Crippen LogP contribution in [0.3, 0.4) is 0 Å². The van der Waals surface area contributed by atoms with Crippen LogP contribution in [0.4, 0.5) is 10.1 Å². The zero-order valence-electron chi connectivity index (χ0n) is 14.7. The van der Waals surface area contributed by atoms with Crippen molar-refractivity contribution in [1.82, 2.24) is 10.2 Å². The molecule has 2 N–H and O–H groups in total. The maximum atomic E-state index is 13.1. The summed E-state index contributed by atoms with van der Waals surface area (Å²) in [7, 11) is 0. The molecule has 1 heterocycles. The lowest BCUT2D eigenvalue weighted by Gasteiger charge is -2.24. The van der Waals surface area contributed by atoms with Gasteiger partial charge in [0, 0.05) is 17.8 Å². The minimum Gasteiger partial charge on any atom is -0.345 e. The van der Waals surface area contributed by atoms with Crippen molar-refractivity contribution in [2.45, 2.75) is 18.9 Å². The van der Waals surface area contributed by atoms with E-state index in [0.29, 0.717) is 24.2 Å². The van der Waals surface area contributed by atoms with Crippen molar-refractivity contribution in [1.29, 1.82) is 0 Å². The van der Waals surface area contributed by atoms with Gasteiger partial charge in [0.15, 0.2) is 0 Å². The predicted octanol–water partition coefficient (Wildman–Crippen LogP) is 2.19. The highest BCUT2D eigenvalue weighted by molar-refractivity contribution is 5.99. The summed E-state index contributed by atoms with van der Waals surface area (Å²) in [4.78, 5) is 38.5. The molecule has 6 nitrogen and oxygen atoms in total. The van der Waals surface area contributed by atoms with E-state index in [4.69, 9.17) is 0 Å². The van der Waals surface area contributed by atoms with Gasteiger partial charge < -0.3 is 15.5 Å². The molecule has 0 bridgehead atoms. The minimum absolute atomic E-state index is 0.197. The predicted molar refractivity (Wildman–Crippen MR) is 98.5 cm³/mol. The molecule has 140 valence electrons. The average Bonchev–Trinajstić information content (AvgIpc) is 3.16. The van der Waals surface area contributed by atoms with Gasteiger partial charge in [-0.2, -0.15) is 0 Å². The molecule has 27 heavy (non-hydrogen) atoms. The number of hydrogen-bond acceptors (Lipinski definition) is 3. The fraction of sp³-hybridized carbons (Fsp3) is 0.250. The van der Waals surface area contributed by atoms with Crippen molar-refractivity contribution >= 4 is 23.4 Å². The van der Waals surface area contributed by atoms with Gasteiger partial charge in [0.25, 0.3) is 5.91 Å². The molecule has 1 aliphatic heterocycles. The first-order valence-electron chi connectivity index (χ1n) is 8.74. The zero-order chi connectivity index (χ0) is 19.2. The molecule has 2 aromatic rings. The Bertz CT molecular complexity index is 841. The van der Waals surface area contributed by atoms with E-state index in [1.54, 1.807) is 30.3 Å². The summed E-state index contributed by atoms with van der Waals surface area (Å²) in [6.45, 7) is 0.251. The van der Waals surface area contributed by atoms with E-state index in [-0.39, 0.29) is 18.4 Å². The van der Waals surface area contributed by atoms with Crippen LogP contribution in [0.1, 0.15) is 23.2 Å². The van der Waals surface area contributed by atoms with E-state index >= 15 is 0 Å². The van der Waals surface area contributed by atoms with Crippen molar-refractivity contribution in [2.75, 3.05) is 18.4 Å². The summed E-state index contributed by atoms with van der Waals surface area (Å²) < 4.78 is 13.1. The SMILES string of the molecule is O=C(CNC(=O)C1CCCN1C(=O)c1ccccc1)Nc1cccc(F)c1. The fourth-order valence-electron chi connectivity index (χ4n) is 3.09. The summed E-state index contributed by atoms with van der Waals surface area (Å²) in [5.41, 5.74) is 0.844. The largest absolute Gasteiger partial charge is 0.345 e. The Morgan fingerprint density at radius 3 is 2.59 bits per heavy atom. The van der Waals surface area contributed by atoms with E-state index < -0.39 is 17.8 Å². The molecule has 0 aliphatic carbocycles. The number of rotatable bonds is 5. The summed E-state index contributed by atoms with van der Waals surface area (Å²) in [5.74, 6) is -1.49. The van der Waals surface area contributed by atoms with Crippen molar-refractivity contribution < 1.29 is 18.8 Å². The van der Waals surface area contributed by atoms with Crippen molar-refractivity contribution in [2.24, 2.45) is 0 Å². The van der Waals surface area contributed by atoms with E-state index in [9.17, 15) is 18.8 Å². The van der Waals surface area contributed by atoms with Crippen LogP contribution in [0.25, 0.3) is 0 Å². The van der Waals surface area contributed by atoms with Crippen LogP contribution in [-0.2, 0) is 9.59 Å². The number of benzene rings is 2. The molecule has 1 saturated heterocycles. The summed E-state index contributed by atoms with van der Waals surface area (Å²) in [6.07, 6.45) is 1.28. The van der Waals surface area contributed by atoms with Crippen LogP contribution < -0.4 is 10.6 Å². The molecule has 1 unspecified atom stereocenters. The van der Waals surface area contributed by atoms with Gasteiger partial charge in [-0.1, -0.05) is 24.3 Å². The second kappa shape index (κ2) is 8.44. The molecular formula is C20H20FN3O3. The second-order valence-electron chi connectivity index (χ2n) is 6.30. The van der Waals surface area contributed by atoms with Gasteiger partial charge in [0.2, 0.25) is 11.8 Å². The van der Waals surface area contributed by atoms with E-state index in [1.165, 1.54) is 23.1 Å². The fourth-order valence-corrected chi connectivity index (χ4v) is 3.09. The van der Waals surface area contributed by atoms with Gasteiger partial charge in [0.1, 0.15) is 11.9 Å². The van der Waals surface area contributed by atoms with E-state index in [2.05, 4.69) is 10.6 Å². The smallest absolute Gasteiger partial charge is 0.254 e. The number of carbonyl (C=O) groups excluding carboxylic acids is 3. The van der Waals surface area contributed by atoms with Crippen LogP contribution in [0, 0.1) is 5.82 Å². The van der Waals surface area contributed by atoms with Crippen LogP contribution in [0.15, 0.2) is 54.6 Å². The number of amides is 3. The lowest BCUT2D eigenvalue weighted by molar-refractivity contribution is -0.127.